The second-order valence-electron chi connectivity index (χ2n) is 4.50. The molecule has 0 saturated carbocycles. The number of benzene rings is 2. The summed E-state index contributed by atoms with van der Waals surface area (Å²) in [5, 5.41) is 0. The molecule has 2 aromatic carbocycles. The lowest BCUT2D eigenvalue weighted by Crippen LogP contribution is -2.24. The van der Waals surface area contributed by atoms with Crippen molar-refractivity contribution in [1.29, 1.82) is 0 Å². The van der Waals surface area contributed by atoms with Gasteiger partial charge in [0, 0.05) is 13.1 Å². The molecule has 0 bridgehead atoms. The maximum absolute atomic E-state index is 13.3. The second-order valence-corrected chi connectivity index (χ2v) is 4.50. The standard InChI is InChI=1S/C16H18FNO/c1-18(13-14-7-3-2-4-8-14)11-12-19-16-10-6-5-9-15(16)17/h2-10H,11-13H2,1H3. The summed E-state index contributed by atoms with van der Waals surface area (Å²) in [6.07, 6.45) is 0. The van der Waals surface area contributed by atoms with Gasteiger partial charge in [-0.15, -0.1) is 0 Å². The molecule has 0 heterocycles. The van der Waals surface area contributed by atoms with Crippen LogP contribution in [-0.4, -0.2) is 25.1 Å². The summed E-state index contributed by atoms with van der Waals surface area (Å²) in [7, 11) is 2.03. The topological polar surface area (TPSA) is 12.5 Å². The van der Waals surface area contributed by atoms with Gasteiger partial charge in [-0.2, -0.15) is 0 Å². The Morgan fingerprint density at radius 1 is 1.00 bits per heavy atom. The van der Waals surface area contributed by atoms with Crippen LogP contribution in [0.25, 0.3) is 0 Å². The lowest BCUT2D eigenvalue weighted by atomic mass is 10.2. The normalized spacial score (nSPS) is 10.7. The van der Waals surface area contributed by atoms with Crippen LogP contribution in [0.15, 0.2) is 54.6 Å². The molecule has 2 aromatic rings. The zero-order valence-corrected chi connectivity index (χ0v) is 11.1. The molecule has 0 radical (unpaired) electrons. The predicted molar refractivity (Wildman–Crippen MR) is 74.7 cm³/mol. The first-order chi connectivity index (χ1) is 9.25. The van der Waals surface area contributed by atoms with Gasteiger partial charge < -0.3 is 4.74 Å². The molecular weight excluding hydrogens is 241 g/mol. The molecule has 2 rings (SSSR count). The zero-order valence-electron chi connectivity index (χ0n) is 11.1. The first-order valence-electron chi connectivity index (χ1n) is 6.35. The van der Waals surface area contributed by atoms with Crippen LogP contribution in [-0.2, 0) is 6.54 Å². The van der Waals surface area contributed by atoms with Gasteiger partial charge in [0.1, 0.15) is 6.61 Å². The van der Waals surface area contributed by atoms with Crippen LogP contribution in [0.3, 0.4) is 0 Å². The van der Waals surface area contributed by atoms with Crippen LogP contribution < -0.4 is 4.74 Å². The molecule has 0 N–H and O–H groups in total. The lowest BCUT2D eigenvalue weighted by molar-refractivity contribution is 0.226. The second kappa shape index (κ2) is 6.90. The molecule has 0 spiro atoms. The average molecular weight is 259 g/mol. The predicted octanol–water partition coefficient (Wildman–Crippen LogP) is 3.34. The molecule has 0 amide bonds. The molecule has 0 aromatic heterocycles. The maximum Gasteiger partial charge on any atom is 0.165 e. The van der Waals surface area contributed by atoms with Crippen molar-refractivity contribution in [3.63, 3.8) is 0 Å². The fraction of sp³-hybridized carbons (Fsp3) is 0.250. The quantitative estimate of drug-likeness (QED) is 0.789. The summed E-state index contributed by atoms with van der Waals surface area (Å²) in [5.41, 5.74) is 1.26. The molecule has 3 heteroatoms. The van der Waals surface area contributed by atoms with E-state index in [2.05, 4.69) is 17.0 Å². The molecule has 19 heavy (non-hydrogen) atoms. The molecule has 0 atom stereocenters. The number of nitrogens with zero attached hydrogens (tertiary/aromatic N) is 1. The largest absolute Gasteiger partial charge is 0.489 e. The highest BCUT2D eigenvalue weighted by Gasteiger charge is 2.03. The van der Waals surface area contributed by atoms with Gasteiger partial charge in [-0.1, -0.05) is 42.5 Å². The highest BCUT2D eigenvalue weighted by Crippen LogP contribution is 2.15. The van der Waals surface area contributed by atoms with Gasteiger partial charge in [0.25, 0.3) is 0 Å². The van der Waals surface area contributed by atoms with Crippen molar-refractivity contribution in [3.05, 3.63) is 66.0 Å². The van der Waals surface area contributed by atoms with Gasteiger partial charge in [0.15, 0.2) is 11.6 Å². The van der Waals surface area contributed by atoms with Crippen LogP contribution in [0.5, 0.6) is 5.75 Å². The first-order valence-corrected chi connectivity index (χ1v) is 6.35. The summed E-state index contributed by atoms with van der Waals surface area (Å²) in [6.45, 7) is 2.09. The zero-order chi connectivity index (χ0) is 13.5. The smallest absolute Gasteiger partial charge is 0.165 e. The summed E-state index contributed by atoms with van der Waals surface area (Å²) in [6, 6.07) is 16.7. The lowest BCUT2D eigenvalue weighted by Gasteiger charge is -2.17. The fourth-order valence-corrected chi connectivity index (χ4v) is 1.85. The third kappa shape index (κ3) is 4.38. The number of para-hydroxylation sites is 1. The molecular formula is C16H18FNO. The molecule has 0 saturated heterocycles. The van der Waals surface area contributed by atoms with Gasteiger partial charge >= 0.3 is 0 Å². The molecule has 0 aliphatic heterocycles. The van der Waals surface area contributed by atoms with Gasteiger partial charge in [-0.3, -0.25) is 4.90 Å². The van der Waals surface area contributed by atoms with Crippen LogP contribution in [0.1, 0.15) is 5.56 Å². The summed E-state index contributed by atoms with van der Waals surface area (Å²) in [5.74, 6) is 0.00354. The Labute approximate surface area is 113 Å². The summed E-state index contributed by atoms with van der Waals surface area (Å²) < 4.78 is 18.8. The molecule has 0 aliphatic carbocycles. The van der Waals surface area contributed by atoms with E-state index in [0.29, 0.717) is 12.4 Å². The van der Waals surface area contributed by atoms with E-state index in [0.717, 1.165) is 13.1 Å². The number of ether oxygens (including phenoxy) is 1. The Morgan fingerprint density at radius 2 is 1.68 bits per heavy atom. The van der Waals surface area contributed by atoms with Gasteiger partial charge in [0.2, 0.25) is 0 Å². The minimum absolute atomic E-state index is 0.312. The van der Waals surface area contributed by atoms with E-state index in [9.17, 15) is 4.39 Å². The number of hydrogen-bond donors (Lipinski definition) is 0. The fourth-order valence-electron chi connectivity index (χ4n) is 1.85. The van der Waals surface area contributed by atoms with E-state index < -0.39 is 0 Å². The van der Waals surface area contributed by atoms with E-state index >= 15 is 0 Å². The van der Waals surface area contributed by atoms with Crippen molar-refractivity contribution in [2.24, 2.45) is 0 Å². The minimum Gasteiger partial charge on any atom is -0.489 e. The van der Waals surface area contributed by atoms with Gasteiger partial charge in [-0.25, -0.2) is 4.39 Å². The third-order valence-electron chi connectivity index (χ3n) is 2.86. The van der Waals surface area contributed by atoms with Crippen molar-refractivity contribution in [3.8, 4) is 5.75 Å². The first kappa shape index (κ1) is 13.6. The average Bonchev–Trinajstić information content (AvgIpc) is 2.42. The van der Waals surface area contributed by atoms with Gasteiger partial charge in [0.05, 0.1) is 0 Å². The van der Waals surface area contributed by atoms with Crippen molar-refractivity contribution in [2.75, 3.05) is 20.2 Å². The monoisotopic (exact) mass is 259 g/mol. The minimum atomic E-state index is -0.312. The Bertz CT molecular complexity index is 501. The highest BCUT2D eigenvalue weighted by atomic mass is 19.1. The third-order valence-corrected chi connectivity index (χ3v) is 2.86. The van der Waals surface area contributed by atoms with Crippen LogP contribution >= 0.6 is 0 Å². The summed E-state index contributed by atoms with van der Waals surface area (Å²) >= 11 is 0. The molecule has 0 fully saturated rings. The van der Waals surface area contributed by atoms with E-state index in [-0.39, 0.29) is 5.82 Å². The molecule has 100 valence electrons. The van der Waals surface area contributed by atoms with Crippen molar-refractivity contribution < 1.29 is 9.13 Å². The number of likely N-dealkylation sites (N-methyl/N-ethyl adjacent to an activating group) is 1. The Hall–Kier alpha value is -1.87. The van der Waals surface area contributed by atoms with E-state index in [1.165, 1.54) is 11.6 Å². The van der Waals surface area contributed by atoms with Crippen molar-refractivity contribution in [2.45, 2.75) is 6.54 Å². The highest BCUT2D eigenvalue weighted by molar-refractivity contribution is 5.23. The van der Waals surface area contributed by atoms with Crippen LogP contribution in [0.4, 0.5) is 4.39 Å². The van der Waals surface area contributed by atoms with Gasteiger partial charge in [-0.05, 0) is 24.7 Å². The molecule has 2 nitrogen and oxygen atoms in total. The van der Waals surface area contributed by atoms with E-state index in [1.54, 1.807) is 18.2 Å². The Morgan fingerprint density at radius 3 is 2.42 bits per heavy atom. The Balaban J connectivity index is 1.75. The van der Waals surface area contributed by atoms with E-state index in [4.69, 9.17) is 4.74 Å². The SMILES string of the molecule is CN(CCOc1ccccc1F)Cc1ccccc1. The summed E-state index contributed by atoms with van der Waals surface area (Å²) in [4.78, 5) is 2.15. The molecule has 0 aliphatic rings. The van der Waals surface area contributed by atoms with E-state index in [1.807, 2.05) is 25.2 Å². The Kier molecular flexibility index (Phi) is 4.93. The molecule has 0 unspecified atom stereocenters. The van der Waals surface area contributed by atoms with Crippen molar-refractivity contribution in [1.82, 2.24) is 4.90 Å². The maximum atomic E-state index is 13.3. The number of rotatable bonds is 6. The number of halogens is 1. The van der Waals surface area contributed by atoms with Crippen molar-refractivity contribution >= 4 is 0 Å². The number of hydrogen-bond acceptors (Lipinski definition) is 2. The van der Waals surface area contributed by atoms with Crippen LogP contribution in [0, 0.1) is 5.82 Å². The van der Waals surface area contributed by atoms with Crippen LogP contribution in [0.2, 0.25) is 0 Å².